The molecule has 1 heterocycles. The summed E-state index contributed by atoms with van der Waals surface area (Å²) in [5.41, 5.74) is 0. The van der Waals surface area contributed by atoms with E-state index in [0.29, 0.717) is 30.1 Å². The van der Waals surface area contributed by atoms with E-state index < -0.39 is 0 Å². The maximum Gasteiger partial charge on any atom is 0.218 e. The Morgan fingerprint density at radius 3 is 2.73 bits per heavy atom. The topological polar surface area (TPSA) is 44.2 Å². The molecular weight excluding hydrogens is 216 g/mol. The van der Waals surface area contributed by atoms with Crippen molar-refractivity contribution in [3.8, 4) is 5.88 Å². The molecule has 0 fully saturated rings. The summed E-state index contributed by atoms with van der Waals surface area (Å²) in [5, 5.41) is 0.395. The first-order chi connectivity index (χ1) is 7.22. The summed E-state index contributed by atoms with van der Waals surface area (Å²) in [6.07, 6.45) is 1.01. The Morgan fingerprint density at radius 1 is 1.27 bits per heavy atom. The van der Waals surface area contributed by atoms with Crippen LogP contribution < -0.4 is 4.74 Å². The van der Waals surface area contributed by atoms with Crippen LogP contribution in [0.3, 0.4) is 0 Å². The Labute approximate surface area is 94.6 Å². The summed E-state index contributed by atoms with van der Waals surface area (Å²) in [6, 6.07) is 1.59. The maximum atomic E-state index is 5.75. The molecule has 0 atom stereocenters. The largest absolute Gasteiger partial charge is 0.475 e. The first-order valence-corrected chi connectivity index (χ1v) is 5.32. The Balaban J connectivity index is 2.31. The van der Waals surface area contributed by atoms with Crippen LogP contribution in [0.15, 0.2) is 6.07 Å². The van der Waals surface area contributed by atoms with Crippen LogP contribution in [0.25, 0.3) is 0 Å². The summed E-state index contributed by atoms with van der Waals surface area (Å²) in [7, 11) is 0. The fraction of sp³-hybridized carbons (Fsp3) is 0.600. The number of aromatic nitrogens is 2. The molecule has 0 aliphatic rings. The fourth-order valence-electron chi connectivity index (χ4n) is 1.03. The molecule has 5 heteroatoms. The lowest BCUT2D eigenvalue weighted by Crippen LogP contribution is -2.08. The lowest BCUT2D eigenvalue weighted by atomic mass is 10.5. The molecule has 0 aromatic carbocycles. The Hall–Kier alpha value is -0.870. The van der Waals surface area contributed by atoms with Crippen molar-refractivity contribution in [2.45, 2.75) is 20.3 Å². The molecule has 84 valence electrons. The molecular formula is C10H15ClN2O2. The predicted octanol–water partition coefficient (Wildman–Crippen LogP) is 2.24. The minimum Gasteiger partial charge on any atom is -0.475 e. The van der Waals surface area contributed by atoms with Gasteiger partial charge in [0.05, 0.1) is 6.61 Å². The van der Waals surface area contributed by atoms with Gasteiger partial charge in [-0.1, -0.05) is 18.5 Å². The van der Waals surface area contributed by atoms with Gasteiger partial charge in [0.25, 0.3) is 0 Å². The zero-order valence-corrected chi connectivity index (χ0v) is 9.75. The Bertz CT molecular complexity index is 287. The molecule has 15 heavy (non-hydrogen) atoms. The number of hydrogen-bond donors (Lipinski definition) is 0. The number of hydrogen-bond acceptors (Lipinski definition) is 4. The smallest absolute Gasteiger partial charge is 0.218 e. The van der Waals surface area contributed by atoms with Gasteiger partial charge in [-0.3, -0.25) is 0 Å². The van der Waals surface area contributed by atoms with Crippen molar-refractivity contribution in [1.29, 1.82) is 0 Å². The third-order valence-electron chi connectivity index (χ3n) is 1.61. The van der Waals surface area contributed by atoms with Crippen molar-refractivity contribution in [3.05, 3.63) is 17.0 Å². The Morgan fingerprint density at radius 2 is 2.07 bits per heavy atom. The fourth-order valence-corrected chi connectivity index (χ4v) is 1.25. The lowest BCUT2D eigenvalue weighted by molar-refractivity contribution is 0.0989. The van der Waals surface area contributed by atoms with Gasteiger partial charge in [-0.2, -0.15) is 4.98 Å². The van der Waals surface area contributed by atoms with Crippen molar-refractivity contribution in [3.63, 3.8) is 0 Å². The second-order valence-electron chi connectivity index (χ2n) is 3.04. The molecule has 0 aliphatic heterocycles. The third-order valence-corrected chi connectivity index (χ3v) is 1.80. The van der Waals surface area contributed by atoms with E-state index in [0.717, 1.165) is 13.0 Å². The van der Waals surface area contributed by atoms with E-state index in [9.17, 15) is 0 Å². The van der Waals surface area contributed by atoms with Crippen LogP contribution in [-0.2, 0) is 4.74 Å². The zero-order chi connectivity index (χ0) is 11.1. The van der Waals surface area contributed by atoms with Gasteiger partial charge in [-0.15, -0.1) is 0 Å². The average molecular weight is 231 g/mol. The molecule has 0 radical (unpaired) electrons. The van der Waals surface area contributed by atoms with E-state index in [1.54, 1.807) is 13.0 Å². The molecule has 0 amide bonds. The molecule has 0 saturated heterocycles. The highest BCUT2D eigenvalue weighted by Crippen LogP contribution is 2.12. The van der Waals surface area contributed by atoms with Gasteiger partial charge in [0.2, 0.25) is 5.88 Å². The van der Waals surface area contributed by atoms with Crippen LogP contribution >= 0.6 is 11.6 Å². The summed E-state index contributed by atoms with van der Waals surface area (Å²) in [5.74, 6) is 1.10. The third kappa shape index (κ3) is 4.95. The number of halogens is 1. The van der Waals surface area contributed by atoms with E-state index in [4.69, 9.17) is 21.1 Å². The second kappa shape index (κ2) is 6.58. The number of rotatable bonds is 6. The minimum atomic E-state index is 0.395. The van der Waals surface area contributed by atoms with Crippen molar-refractivity contribution in [2.24, 2.45) is 0 Å². The van der Waals surface area contributed by atoms with Crippen LogP contribution in [0.1, 0.15) is 19.2 Å². The molecule has 0 N–H and O–H groups in total. The van der Waals surface area contributed by atoms with Gasteiger partial charge in [0, 0.05) is 12.7 Å². The monoisotopic (exact) mass is 230 g/mol. The molecule has 4 nitrogen and oxygen atoms in total. The van der Waals surface area contributed by atoms with Gasteiger partial charge < -0.3 is 9.47 Å². The molecule has 0 saturated carbocycles. The second-order valence-corrected chi connectivity index (χ2v) is 3.42. The lowest BCUT2D eigenvalue weighted by Gasteiger charge is -2.06. The summed E-state index contributed by atoms with van der Waals surface area (Å²) in [6.45, 7) is 5.63. The average Bonchev–Trinajstić information content (AvgIpc) is 2.16. The van der Waals surface area contributed by atoms with Crippen molar-refractivity contribution < 1.29 is 9.47 Å². The van der Waals surface area contributed by atoms with Crippen LogP contribution in [0.2, 0.25) is 5.15 Å². The zero-order valence-electron chi connectivity index (χ0n) is 8.99. The van der Waals surface area contributed by atoms with E-state index in [1.165, 1.54) is 0 Å². The molecule has 1 aromatic rings. The SMILES string of the molecule is CCCOCCOc1cc(Cl)nc(C)n1. The first-order valence-electron chi connectivity index (χ1n) is 4.94. The summed E-state index contributed by atoms with van der Waals surface area (Å²) in [4.78, 5) is 8.01. The summed E-state index contributed by atoms with van der Waals surface area (Å²) < 4.78 is 10.6. The highest BCUT2D eigenvalue weighted by atomic mass is 35.5. The van der Waals surface area contributed by atoms with Crippen LogP contribution in [0.5, 0.6) is 5.88 Å². The molecule has 1 rings (SSSR count). The highest BCUT2D eigenvalue weighted by molar-refractivity contribution is 6.29. The normalized spacial score (nSPS) is 10.3. The quantitative estimate of drug-likeness (QED) is 0.555. The minimum absolute atomic E-state index is 0.395. The number of nitrogens with zero attached hydrogens (tertiary/aromatic N) is 2. The van der Waals surface area contributed by atoms with Crippen LogP contribution in [-0.4, -0.2) is 29.8 Å². The number of ether oxygens (including phenoxy) is 2. The van der Waals surface area contributed by atoms with E-state index in [-0.39, 0.29) is 0 Å². The standard InChI is InChI=1S/C10H15ClN2O2/c1-3-4-14-5-6-15-10-7-9(11)12-8(2)13-10/h7H,3-6H2,1-2H3. The molecule has 1 aromatic heterocycles. The summed E-state index contributed by atoms with van der Waals surface area (Å²) >= 11 is 5.75. The van der Waals surface area contributed by atoms with Crippen LogP contribution in [0.4, 0.5) is 0 Å². The predicted molar refractivity (Wildman–Crippen MR) is 58.4 cm³/mol. The van der Waals surface area contributed by atoms with E-state index in [2.05, 4.69) is 16.9 Å². The van der Waals surface area contributed by atoms with Gasteiger partial charge in [-0.05, 0) is 13.3 Å². The van der Waals surface area contributed by atoms with Gasteiger partial charge in [-0.25, -0.2) is 4.98 Å². The van der Waals surface area contributed by atoms with Crippen molar-refractivity contribution in [2.75, 3.05) is 19.8 Å². The molecule has 0 unspecified atom stereocenters. The van der Waals surface area contributed by atoms with Crippen molar-refractivity contribution >= 4 is 11.6 Å². The molecule has 0 spiro atoms. The van der Waals surface area contributed by atoms with Crippen molar-refractivity contribution in [1.82, 2.24) is 9.97 Å². The van der Waals surface area contributed by atoms with Gasteiger partial charge in [0.1, 0.15) is 17.6 Å². The van der Waals surface area contributed by atoms with Gasteiger partial charge >= 0.3 is 0 Å². The van der Waals surface area contributed by atoms with Crippen LogP contribution in [0, 0.1) is 6.92 Å². The number of aryl methyl sites for hydroxylation is 1. The molecule has 0 bridgehead atoms. The van der Waals surface area contributed by atoms with Gasteiger partial charge in [0.15, 0.2) is 0 Å². The molecule has 0 aliphatic carbocycles. The first kappa shape index (κ1) is 12.2. The highest BCUT2D eigenvalue weighted by Gasteiger charge is 2.00. The Kier molecular flexibility index (Phi) is 5.36. The van der Waals surface area contributed by atoms with E-state index >= 15 is 0 Å². The van der Waals surface area contributed by atoms with E-state index in [1.807, 2.05) is 0 Å². The maximum absolute atomic E-state index is 5.75.